The van der Waals surface area contributed by atoms with Crippen LogP contribution in [0.2, 0.25) is 0 Å². The van der Waals surface area contributed by atoms with E-state index in [1.54, 1.807) is 12.5 Å². The average Bonchev–Trinajstić information content (AvgIpc) is 2.96. The minimum absolute atomic E-state index is 0.309. The van der Waals surface area contributed by atoms with Gasteiger partial charge in [-0.15, -0.1) is 0 Å². The molecule has 0 aliphatic carbocycles. The Kier molecular flexibility index (Phi) is 4.98. The summed E-state index contributed by atoms with van der Waals surface area (Å²) in [6.45, 7) is 5.62. The lowest BCUT2D eigenvalue weighted by Gasteiger charge is -2.15. The molecule has 0 saturated heterocycles. The first-order chi connectivity index (χ1) is 9.33. The van der Waals surface area contributed by atoms with Gasteiger partial charge in [-0.2, -0.15) is 0 Å². The molecule has 1 atom stereocenters. The molecule has 0 aromatic carbocycles. The van der Waals surface area contributed by atoms with Crippen molar-refractivity contribution in [3.8, 4) is 5.75 Å². The number of ether oxygens (including phenoxy) is 1. The molecule has 19 heavy (non-hydrogen) atoms. The van der Waals surface area contributed by atoms with Gasteiger partial charge in [-0.3, -0.25) is 4.98 Å². The maximum atomic E-state index is 5.60. The predicted octanol–water partition coefficient (Wildman–Crippen LogP) is 3.31. The molecule has 0 aliphatic heterocycles. The topological polar surface area (TPSA) is 47.3 Å². The van der Waals surface area contributed by atoms with E-state index in [4.69, 9.17) is 9.15 Å². The number of nitrogens with zero attached hydrogens (tertiary/aromatic N) is 1. The maximum absolute atomic E-state index is 5.60. The van der Waals surface area contributed by atoms with E-state index in [2.05, 4.69) is 24.1 Å². The van der Waals surface area contributed by atoms with E-state index in [9.17, 15) is 0 Å². The van der Waals surface area contributed by atoms with E-state index in [-0.39, 0.29) is 0 Å². The molecular formula is C15H20N2O2. The fourth-order valence-corrected chi connectivity index (χ4v) is 1.94. The zero-order valence-electron chi connectivity index (χ0n) is 11.4. The van der Waals surface area contributed by atoms with Crippen LogP contribution in [-0.2, 0) is 6.61 Å². The SMILES string of the molecule is CCNC(CC)c1ccc(OCc2ccco2)cn1. The van der Waals surface area contributed by atoms with Crippen LogP contribution in [0.25, 0.3) is 0 Å². The summed E-state index contributed by atoms with van der Waals surface area (Å²) in [6, 6.07) is 8.01. The summed E-state index contributed by atoms with van der Waals surface area (Å²) in [5, 5.41) is 3.40. The number of pyridine rings is 1. The van der Waals surface area contributed by atoms with Crippen LogP contribution in [0.1, 0.15) is 37.8 Å². The summed E-state index contributed by atoms with van der Waals surface area (Å²) in [4.78, 5) is 4.45. The first-order valence-corrected chi connectivity index (χ1v) is 6.68. The lowest BCUT2D eigenvalue weighted by molar-refractivity contribution is 0.269. The Morgan fingerprint density at radius 1 is 1.32 bits per heavy atom. The van der Waals surface area contributed by atoms with Crippen LogP contribution in [0.5, 0.6) is 5.75 Å². The molecule has 0 radical (unpaired) electrons. The number of hydrogen-bond donors (Lipinski definition) is 1. The second-order valence-electron chi connectivity index (χ2n) is 4.31. The Hall–Kier alpha value is -1.81. The van der Waals surface area contributed by atoms with Gasteiger partial charge in [0.15, 0.2) is 0 Å². The number of rotatable bonds is 7. The Morgan fingerprint density at radius 2 is 2.21 bits per heavy atom. The predicted molar refractivity (Wildman–Crippen MR) is 74.0 cm³/mol. The number of hydrogen-bond acceptors (Lipinski definition) is 4. The van der Waals surface area contributed by atoms with Crippen LogP contribution < -0.4 is 10.1 Å². The van der Waals surface area contributed by atoms with Gasteiger partial charge >= 0.3 is 0 Å². The molecule has 2 aromatic heterocycles. The van der Waals surface area contributed by atoms with Gasteiger partial charge in [0, 0.05) is 6.04 Å². The molecule has 2 heterocycles. The highest BCUT2D eigenvalue weighted by Gasteiger charge is 2.09. The van der Waals surface area contributed by atoms with Gasteiger partial charge in [-0.1, -0.05) is 13.8 Å². The molecule has 0 fully saturated rings. The van der Waals surface area contributed by atoms with Gasteiger partial charge in [-0.05, 0) is 37.2 Å². The molecule has 4 heteroatoms. The zero-order chi connectivity index (χ0) is 13.5. The normalized spacial score (nSPS) is 12.3. The molecule has 0 bridgehead atoms. The summed E-state index contributed by atoms with van der Waals surface area (Å²) in [5.41, 5.74) is 1.05. The van der Waals surface area contributed by atoms with E-state index in [1.807, 2.05) is 24.3 Å². The molecular weight excluding hydrogens is 240 g/mol. The quantitative estimate of drug-likeness (QED) is 0.829. The van der Waals surface area contributed by atoms with Crippen molar-refractivity contribution in [2.45, 2.75) is 32.9 Å². The van der Waals surface area contributed by atoms with Gasteiger partial charge < -0.3 is 14.5 Å². The Balaban J connectivity index is 1.93. The standard InChI is InChI=1S/C15H20N2O2/c1-3-14(16-4-2)15-8-7-12(10-17-15)19-11-13-6-5-9-18-13/h5-10,14,16H,3-4,11H2,1-2H3. The molecule has 102 valence electrons. The Bertz CT molecular complexity index is 465. The smallest absolute Gasteiger partial charge is 0.146 e. The van der Waals surface area contributed by atoms with Crippen LogP contribution in [0, 0.1) is 0 Å². The zero-order valence-corrected chi connectivity index (χ0v) is 11.4. The van der Waals surface area contributed by atoms with Crippen LogP contribution in [0.3, 0.4) is 0 Å². The Labute approximate surface area is 113 Å². The molecule has 0 spiro atoms. The van der Waals surface area contributed by atoms with E-state index in [0.717, 1.165) is 30.2 Å². The molecule has 4 nitrogen and oxygen atoms in total. The molecule has 0 amide bonds. The monoisotopic (exact) mass is 260 g/mol. The van der Waals surface area contributed by atoms with E-state index < -0.39 is 0 Å². The highest BCUT2D eigenvalue weighted by atomic mass is 16.5. The summed E-state index contributed by atoms with van der Waals surface area (Å²) >= 11 is 0. The first-order valence-electron chi connectivity index (χ1n) is 6.68. The first kappa shape index (κ1) is 13.6. The largest absolute Gasteiger partial charge is 0.484 e. The van der Waals surface area contributed by atoms with Crippen molar-refractivity contribution in [2.24, 2.45) is 0 Å². The van der Waals surface area contributed by atoms with Crippen molar-refractivity contribution in [1.82, 2.24) is 10.3 Å². The van der Waals surface area contributed by atoms with Crippen molar-refractivity contribution in [2.75, 3.05) is 6.54 Å². The summed E-state index contributed by atoms with van der Waals surface area (Å²) in [7, 11) is 0. The summed E-state index contributed by atoms with van der Waals surface area (Å²) < 4.78 is 10.8. The minimum atomic E-state index is 0.309. The van der Waals surface area contributed by atoms with Crippen LogP contribution in [0.4, 0.5) is 0 Å². The summed E-state index contributed by atoms with van der Waals surface area (Å²) in [6.07, 6.45) is 4.42. The van der Waals surface area contributed by atoms with Crippen molar-refractivity contribution < 1.29 is 9.15 Å². The van der Waals surface area contributed by atoms with Gasteiger partial charge in [-0.25, -0.2) is 0 Å². The van der Waals surface area contributed by atoms with E-state index in [0.29, 0.717) is 12.6 Å². The molecule has 2 aromatic rings. The molecule has 0 aliphatic rings. The molecule has 1 unspecified atom stereocenters. The molecule has 1 N–H and O–H groups in total. The van der Waals surface area contributed by atoms with Crippen molar-refractivity contribution in [1.29, 1.82) is 0 Å². The maximum Gasteiger partial charge on any atom is 0.146 e. The molecule has 2 rings (SSSR count). The summed E-state index contributed by atoms with van der Waals surface area (Å²) in [5.74, 6) is 1.56. The van der Waals surface area contributed by atoms with Crippen molar-refractivity contribution >= 4 is 0 Å². The minimum Gasteiger partial charge on any atom is -0.484 e. The average molecular weight is 260 g/mol. The van der Waals surface area contributed by atoms with Crippen molar-refractivity contribution in [3.63, 3.8) is 0 Å². The van der Waals surface area contributed by atoms with Gasteiger partial charge in [0.2, 0.25) is 0 Å². The lowest BCUT2D eigenvalue weighted by Crippen LogP contribution is -2.20. The highest BCUT2D eigenvalue weighted by molar-refractivity contribution is 5.21. The lowest BCUT2D eigenvalue weighted by atomic mass is 10.1. The second kappa shape index (κ2) is 6.95. The fraction of sp³-hybridized carbons (Fsp3) is 0.400. The van der Waals surface area contributed by atoms with Gasteiger partial charge in [0.25, 0.3) is 0 Å². The third-order valence-electron chi connectivity index (χ3n) is 2.94. The number of furan rings is 1. The van der Waals surface area contributed by atoms with Gasteiger partial charge in [0.1, 0.15) is 18.1 Å². The number of aromatic nitrogens is 1. The molecule has 0 saturated carbocycles. The second-order valence-corrected chi connectivity index (χ2v) is 4.31. The van der Waals surface area contributed by atoms with Crippen LogP contribution in [0.15, 0.2) is 41.1 Å². The van der Waals surface area contributed by atoms with E-state index >= 15 is 0 Å². The van der Waals surface area contributed by atoms with Gasteiger partial charge in [0.05, 0.1) is 18.2 Å². The highest BCUT2D eigenvalue weighted by Crippen LogP contribution is 2.18. The van der Waals surface area contributed by atoms with Crippen molar-refractivity contribution in [3.05, 3.63) is 48.2 Å². The Morgan fingerprint density at radius 3 is 2.79 bits per heavy atom. The van der Waals surface area contributed by atoms with E-state index in [1.165, 1.54) is 0 Å². The fourth-order valence-electron chi connectivity index (χ4n) is 1.94. The third-order valence-corrected chi connectivity index (χ3v) is 2.94. The number of nitrogens with one attached hydrogen (secondary N) is 1. The third kappa shape index (κ3) is 3.83. The van der Waals surface area contributed by atoms with Crippen LogP contribution >= 0.6 is 0 Å². The van der Waals surface area contributed by atoms with Crippen LogP contribution in [-0.4, -0.2) is 11.5 Å².